The zero-order chi connectivity index (χ0) is 15.3. The molecule has 0 aliphatic heterocycles. The summed E-state index contributed by atoms with van der Waals surface area (Å²) in [6.45, 7) is 0.488. The maximum atomic E-state index is 13.0. The van der Waals surface area contributed by atoms with Crippen LogP contribution < -0.4 is 5.32 Å². The average Bonchev–Trinajstić information content (AvgIpc) is 2.43. The Balaban J connectivity index is 1.66. The molecule has 1 aliphatic rings. The van der Waals surface area contributed by atoms with Crippen molar-refractivity contribution in [2.24, 2.45) is 5.92 Å². The topological polar surface area (TPSA) is 29.1 Å². The van der Waals surface area contributed by atoms with Gasteiger partial charge in [-0.05, 0) is 43.4 Å². The fourth-order valence-electron chi connectivity index (χ4n) is 2.64. The quantitative estimate of drug-likeness (QED) is 0.825. The van der Waals surface area contributed by atoms with Gasteiger partial charge in [-0.15, -0.1) is 0 Å². The van der Waals surface area contributed by atoms with Crippen molar-refractivity contribution in [3.63, 3.8) is 0 Å². The first kappa shape index (κ1) is 15.9. The molecule has 0 spiro atoms. The minimum Gasteiger partial charge on any atom is -0.356 e. The van der Waals surface area contributed by atoms with Crippen LogP contribution in [0, 0.1) is 11.7 Å². The van der Waals surface area contributed by atoms with Crippen LogP contribution in [-0.2, 0) is 11.2 Å². The van der Waals surface area contributed by atoms with E-state index in [0.29, 0.717) is 19.4 Å². The number of hydrogen-bond donors (Lipinski definition) is 1. The monoisotopic (exact) mass is 299 g/mol. The van der Waals surface area contributed by atoms with Crippen molar-refractivity contribution < 1.29 is 18.0 Å². The Morgan fingerprint density at radius 1 is 1.29 bits per heavy atom. The second-order valence-corrected chi connectivity index (χ2v) is 5.65. The molecule has 0 saturated heterocycles. The van der Waals surface area contributed by atoms with Crippen LogP contribution in [0.5, 0.6) is 0 Å². The van der Waals surface area contributed by atoms with Crippen LogP contribution in [0.25, 0.3) is 0 Å². The van der Waals surface area contributed by atoms with E-state index in [4.69, 9.17) is 0 Å². The summed E-state index contributed by atoms with van der Waals surface area (Å²) in [6.07, 6.45) is 1.49. The fraction of sp³-hybridized carbons (Fsp3) is 0.562. The number of nitrogens with one attached hydrogen (secondary N) is 1. The zero-order valence-electron chi connectivity index (χ0n) is 11.9. The van der Waals surface area contributed by atoms with Crippen LogP contribution in [-0.4, -0.2) is 18.4 Å². The predicted molar refractivity (Wildman–Crippen MR) is 74.6 cm³/mol. The Labute approximate surface area is 122 Å². The van der Waals surface area contributed by atoms with E-state index in [1.807, 2.05) is 6.07 Å². The summed E-state index contributed by atoms with van der Waals surface area (Å²) < 4.78 is 39.0. The second-order valence-electron chi connectivity index (χ2n) is 5.65. The Bertz CT molecular complexity index is 480. The zero-order valence-corrected chi connectivity index (χ0v) is 11.9. The molecule has 0 atom stereocenters. The summed E-state index contributed by atoms with van der Waals surface area (Å²) in [5.74, 6) is -3.29. The SMILES string of the molecule is O=C(NCCCc1cccc(F)c1)C1CCC(F)(F)CC1. The van der Waals surface area contributed by atoms with Crippen LogP contribution in [0.3, 0.4) is 0 Å². The highest BCUT2D eigenvalue weighted by Crippen LogP contribution is 2.36. The molecule has 1 aromatic carbocycles. The maximum absolute atomic E-state index is 13.0. The molecule has 1 aliphatic carbocycles. The molecule has 2 rings (SSSR count). The third-order valence-corrected chi connectivity index (χ3v) is 3.92. The van der Waals surface area contributed by atoms with Crippen molar-refractivity contribution in [1.29, 1.82) is 0 Å². The van der Waals surface area contributed by atoms with Gasteiger partial charge in [0.25, 0.3) is 0 Å². The molecule has 0 radical (unpaired) electrons. The number of aryl methyl sites for hydroxylation is 1. The van der Waals surface area contributed by atoms with Crippen molar-refractivity contribution in [2.45, 2.75) is 44.4 Å². The first-order chi connectivity index (χ1) is 9.96. The molecule has 1 aromatic rings. The van der Waals surface area contributed by atoms with Gasteiger partial charge in [-0.1, -0.05) is 12.1 Å². The highest BCUT2D eigenvalue weighted by Gasteiger charge is 2.37. The van der Waals surface area contributed by atoms with Crippen LogP contribution in [0.2, 0.25) is 0 Å². The highest BCUT2D eigenvalue weighted by atomic mass is 19.3. The summed E-state index contributed by atoms with van der Waals surface area (Å²) in [6, 6.07) is 6.37. The van der Waals surface area contributed by atoms with Crippen molar-refractivity contribution in [3.05, 3.63) is 35.6 Å². The molecule has 0 heterocycles. The van der Waals surface area contributed by atoms with Gasteiger partial charge in [-0.2, -0.15) is 0 Å². The van der Waals surface area contributed by atoms with E-state index < -0.39 is 5.92 Å². The van der Waals surface area contributed by atoms with E-state index in [0.717, 1.165) is 5.56 Å². The molecular formula is C16H20F3NO. The molecule has 1 saturated carbocycles. The Kier molecular flexibility index (Phi) is 5.26. The maximum Gasteiger partial charge on any atom is 0.248 e. The third kappa shape index (κ3) is 5.06. The number of carbonyl (C=O) groups is 1. The van der Waals surface area contributed by atoms with Crippen molar-refractivity contribution >= 4 is 5.91 Å². The van der Waals surface area contributed by atoms with E-state index >= 15 is 0 Å². The molecule has 21 heavy (non-hydrogen) atoms. The lowest BCUT2D eigenvalue weighted by Gasteiger charge is -2.27. The summed E-state index contributed by atoms with van der Waals surface area (Å²) in [4.78, 5) is 11.9. The van der Waals surface area contributed by atoms with Gasteiger partial charge in [-0.25, -0.2) is 13.2 Å². The fourth-order valence-corrected chi connectivity index (χ4v) is 2.64. The number of benzene rings is 1. The minimum atomic E-state index is -2.60. The van der Waals surface area contributed by atoms with Gasteiger partial charge < -0.3 is 5.32 Å². The molecule has 2 nitrogen and oxygen atoms in total. The average molecular weight is 299 g/mol. The van der Waals surface area contributed by atoms with Gasteiger partial charge in [0.05, 0.1) is 0 Å². The van der Waals surface area contributed by atoms with Crippen LogP contribution in [0.15, 0.2) is 24.3 Å². The number of amides is 1. The first-order valence-corrected chi connectivity index (χ1v) is 7.36. The molecular weight excluding hydrogens is 279 g/mol. The van der Waals surface area contributed by atoms with Crippen LogP contribution in [0.4, 0.5) is 13.2 Å². The molecule has 5 heteroatoms. The summed E-state index contributed by atoms with van der Waals surface area (Å²) in [7, 11) is 0. The molecule has 1 amide bonds. The van der Waals surface area contributed by atoms with E-state index in [1.54, 1.807) is 6.07 Å². The van der Waals surface area contributed by atoms with Gasteiger partial charge in [0.1, 0.15) is 5.82 Å². The summed E-state index contributed by atoms with van der Waals surface area (Å²) in [5, 5.41) is 2.79. The molecule has 0 unspecified atom stereocenters. The lowest BCUT2D eigenvalue weighted by atomic mass is 9.86. The standard InChI is InChI=1S/C16H20F3NO/c17-14-5-1-3-12(11-14)4-2-10-20-15(21)13-6-8-16(18,19)9-7-13/h1,3,5,11,13H,2,4,6-10H2,(H,20,21). The van der Waals surface area contributed by atoms with Crippen LogP contribution >= 0.6 is 0 Å². The lowest BCUT2D eigenvalue weighted by molar-refractivity contribution is -0.129. The first-order valence-electron chi connectivity index (χ1n) is 7.36. The Morgan fingerprint density at radius 2 is 2.00 bits per heavy atom. The lowest BCUT2D eigenvalue weighted by Crippen LogP contribution is -2.36. The predicted octanol–water partition coefficient (Wildman–Crippen LogP) is 3.70. The van der Waals surface area contributed by atoms with Crippen molar-refractivity contribution in [1.82, 2.24) is 5.32 Å². The van der Waals surface area contributed by atoms with Gasteiger partial charge in [-0.3, -0.25) is 4.79 Å². The Morgan fingerprint density at radius 3 is 2.67 bits per heavy atom. The smallest absolute Gasteiger partial charge is 0.248 e. The van der Waals surface area contributed by atoms with E-state index in [9.17, 15) is 18.0 Å². The number of halogens is 3. The van der Waals surface area contributed by atoms with E-state index in [1.165, 1.54) is 12.1 Å². The summed E-state index contributed by atoms with van der Waals surface area (Å²) in [5.41, 5.74) is 0.890. The van der Waals surface area contributed by atoms with Gasteiger partial charge >= 0.3 is 0 Å². The molecule has 0 bridgehead atoms. The molecule has 1 fully saturated rings. The number of alkyl halides is 2. The van der Waals surface area contributed by atoms with Gasteiger partial charge in [0.15, 0.2) is 0 Å². The molecule has 0 aromatic heterocycles. The van der Waals surface area contributed by atoms with E-state index in [-0.39, 0.29) is 43.3 Å². The van der Waals surface area contributed by atoms with Gasteiger partial charge in [0, 0.05) is 25.3 Å². The minimum absolute atomic E-state index is 0.134. The molecule has 116 valence electrons. The van der Waals surface area contributed by atoms with Gasteiger partial charge in [0.2, 0.25) is 11.8 Å². The number of rotatable bonds is 5. The van der Waals surface area contributed by atoms with Crippen LogP contribution in [0.1, 0.15) is 37.7 Å². The van der Waals surface area contributed by atoms with Crippen molar-refractivity contribution in [3.8, 4) is 0 Å². The van der Waals surface area contributed by atoms with Crippen molar-refractivity contribution in [2.75, 3.05) is 6.54 Å². The number of carbonyl (C=O) groups excluding carboxylic acids is 1. The molecule has 1 N–H and O–H groups in total. The number of hydrogen-bond acceptors (Lipinski definition) is 1. The Hall–Kier alpha value is -1.52. The summed E-state index contributed by atoms with van der Waals surface area (Å²) >= 11 is 0. The highest BCUT2D eigenvalue weighted by molar-refractivity contribution is 5.78. The second kappa shape index (κ2) is 6.96. The van der Waals surface area contributed by atoms with E-state index in [2.05, 4.69) is 5.32 Å². The largest absolute Gasteiger partial charge is 0.356 e. The normalized spacial score (nSPS) is 18.4. The third-order valence-electron chi connectivity index (χ3n) is 3.92.